The van der Waals surface area contributed by atoms with E-state index in [-0.39, 0.29) is 35.2 Å². The van der Waals surface area contributed by atoms with E-state index in [1.807, 2.05) is 59.5 Å². The maximum Gasteiger partial charge on any atom is 0.317 e. The van der Waals surface area contributed by atoms with Crippen LogP contribution < -0.4 is 15.6 Å². The molecule has 2 unspecified atom stereocenters. The van der Waals surface area contributed by atoms with Gasteiger partial charge in [-0.2, -0.15) is 0 Å². The third-order valence-electron chi connectivity index (χ3n) is 12.3. The molecule has 1 amide bonds. The standard InChI is InChI=1S/C52H54N4O7/c1-62-47-30-41(15-16-42(47)31-53-32-46(58)43-17-19-45(57)50-44(43)18-20-48(59)54-50)51(60)56-27-23-37(24-28-56)39-13-8-14-40(29-39)49(38-11-6-3-7-12-38)52(61)63-34-36-21-25-55(26-22-36)33-35-9-4-2-5-10-35/h2-20,23,29-30,36,46,49,53,57-58H,21-22,24-28,31-34H2,1H3,(H,54,59). The van der Waals surface area contributed by atoms with E-state index in [4.69, 9.17) is 9.47 Å². The molecule has 0 spiro atoms. The normalized spacial score (nSPS) is 15.7. The summed E-state index contributed by atoms with van der Waals surface area (Å²) in [6, 6.07) is 40.0. The summed E-state index contributed by atoms with van der Waals surface area (Å²) in [5, 5.41) is 25.0. The van der Waals surface area contributed by atoms with E-state index >= 15 is 0 Å². The molecule has 63 heavy (non-hydrogen) atoms. The number of carbonyl (C=O) groups excluding carboxylic acids is 2. The molecular formula is C52H54N4O7. The Morgan fingerprint density at radius 3 is 2.37 bits per heavy atom. The number of likely N-dealkylation sites (tertiary alicyclic amines) is 1. The average molecular weight is 847 g/mol. The van der Waals surface area contributed by atoms with Gasteiger partial charge in [-0.1, -0.05) is 103 Å². The second-order valence-corrected chi connectivity index (χ2v) is 16.5. The number of aromatic amines is 1. The zero-order chi connectivity index (χ0) is 43.7. The van der Waals surface area contributed by atoms with Crippen LogP contribution >= 0.6 is 0 Å². The molecule has 0 bridgehead atoms. The summed E-state index contributed by atoms with van der Waals surface area (Å²) in [6.45, 7) is 4.87. The number of piperidine rings is 1. The molecule has 324 valence electrons. The Bertz CT molecular complexity index is 2620. The van der Waals surface area contributed by atoms with Gasteiger partial charge in [0, 0.05) is 55.3 Å². The highest BCUT2D eigenvalue weighted by Crippen LogP contribution is 2.33. The number of aromatic nitrogens is 1. The van der Waals surface area contributed by atoms with Gasteiger partial charge in [0.25, 0.3) is 5.91 Å². The van der Waals surface area contributed by atoms with Gasteiger partial charge in [0.15, 0.2) is 0 Å². The number of nitrogens with one attached hydrogen (secondary N) is 2. The lowest BCUT2D eigenvalue weighted by molar-refractivity contribution is -0.146. The van der Waals surface area contributed by atoms with Gasteiger partial charge in [-0.15, -0.1) is 0 Å². The van der Waals surface area contributed by atoms with Gasteiger partial charge in [0.2, 0.25) is 5.56 Å². The molecule has 2 atom stereocenters. The Kier molecular flexibility index (Phi) is 13.8. The fraction of sp³-hybridized carbons (Fsp3) is 0.288. The van der Waals surface area contributed by atoms with Crippen molar-refractivity contribution < 1.29 is 29.3 Å². The van der Waals surface area contributed by atoms with E-state index < -0.39 is 12.0 Å². The zero-order valence-corrected chi connectivity index (χ0v) is 35.5. The SMILES string of the molecule is COc1cc(C(=O)N2CC=C(c3cccc(C(C(=O)OCC4CCN(Cc5ccccc5)CC4)c4ccccc4)c3)CC2)ccc1CNCC(O)c1ccc(O)c2[nH]c(=O)ccc12. The number of benzene rings is 5. The van der Waals surface area contributed by atoms with Crippen molar-refractivity contribution in [3.8, 4) is 11.5 Å². The van der Waals surface area contributed by atoms with Crippen LogP contribution in [0.15, 0.2) is 138 Å². The molecule has 11 heteroatoms. The summed E-state index contributed by atoms with van der Waals surface area (Å²) in [4.78, 5) is 46.5. The fourth-order valence-corrected chi connectivity index (χ4v) is 8.79. The van der Waals surface area contributed by atoms with E-state index in [2.05, 4.69) is 57.7 Å². The number of nitrogens with zero attached hydrogens (tertiary/aromatic N) is 2. The molecule has 6 aromatic rings. The first-order valence-corrected chi connectivity index (χ1v) is 21.7. The quantitative estimate of drug-likeness (QED) is 0.0770. The number of ether oxygens (including phenoxy) is 2. The first-order chi connectivity index (χ1) is 30.7. The van der Waals surface area contributed by atoms with Crippen LogP contribution in [0, 0.1) is 5.92 Å². The third kappa shape index (κ3) is 10.4. The van der Waals surface area contributed by atoms with Crippen molar-refractivity contribution in [1.82, 2.24) is 20.1 Å². The van der Waals surface area contributed by atoms with Gasteiger partial charge in [-0.25, -0.2) is 0 Å². The summed E-state index contributed by atoms with van der Waals surface area (Å²) < 4.78 is 11.8. The Labute approximate surface area is 367 Å². The predicted octanol–water partition coefficient (Wildman–Crippen LogP) is 7.58. The Morgan fingerprint density at radius 1 is 0.857 bits per heavy atom. The topological polar surface area (TPSA) is 144 Å². The van der Waals surface area contributed by atoms with E-state index in [1.165, 1.54) is 17.7 Å². The first-order valence-electron chi connectivity index (χ1n) is 21.7. The molecule has 8 rings (SSSR count). The molecule has 0 aliphatic carbocycles. The second kappa shape index (κ2) is 20.1. The van der Waals surface area contributed by atoms with Gasteiger partial charge < -0.3 is 34.9 Å². The zero-order valence-electron chi connectivity index (χ0n) is 35.5. The average Bonchev–Trinajstić information content (AvgIpc) is 3.32. The van der Waals surface area contributed by atoms with Gasteiger partial charge in [0.1, 0.15) is 17.4 Å². The number of methoxy groups -OCH3 is 1. The van der Waals surface area contributed by atoms with Crippen molar-refractivity contribution in [2.24, 2.45) is 5.92 Å². The van der Waals surface area contributed by atoms with Crippen LogP contribution in [0.3, 0.4) is 0 Å². The van der Waals surface area contributed by atoms with Crippen molar-refractivity contribution in [2.75, 3.05) is 46.4 Å². The first kappa shape index (κ1) is 43.1. The summed E-state index contributed by atoms with van der Waals surface area (Å²) in [5.74, 6) is -0.0791. The van der Waals surface area contributed by atoms with E-state index in [1.54, 1.807) is 31.4 Å². The van der Waals surface area contributed by atoms with Crippen molar-refractivity contribution in [3.63, 3.8) is 0 Å². The van der Waals surface area contributed by atoms with Gasteiger partial charge in [-0.05, 0) is 95.9 Å². The van der Waals surface area contributed by atoms with Crippen LogP contribution in [0.2, 0.25) is 0 Å². The Hall–Kier alpha value is -6.53. The molecule has 1 fully saturated rings. The molecule has 1 saturated heterocycles. The highest BCUT2D eigenvalue weighted by Gasteiger charge is 2.28. The monoisotopic (exact) mass is 846 g/mol. The number of aliphatic hydroxyl groups is 1. The van der Waals surface area contributed by atoms with E-state index in [9.17, 15) is 24.6 Å². The number of hydrogen-bond acceptors (Lipinski definition) is 9. The summed E-state index contributed by atoms with van der Waals surface area (Å²) >= 11 is 0. The number of phenolic OH excluding ortho intramolecular Hbond substituents is 1. The summed E-state index contributed by atoms with van der Waals surface area (Å²) in [6.07, 6.45) is 3.83. The molecule has 2 aliphatic rings. The fourth-order valence-electron chi connectivity index (χ4n) is 8.79. The lowest BCUT2D eigenvalue weighted by Crippen LogP contribution is -2.35. The highest BCUT2D eigenvalue weighted by atomic mass is 16.5. The van der Waals surface area contributed by atoms with Crippen LogP contribution in [0.4, 0.5) is 0 Å². The third-order valence-corrected chi connectivity index (χ3v) is 12.3. The molecule has 0 saturated carbocycles. The minimum Gasteiger partial charge on any atom is -0.506 e. The number of H-pyrrole nitrogens is 1. The van der Waals surface area contributed by atoms with Crippen molar-refractivity contribution >= 4 is 28.4 Å². The van der Waals surface area contributed by atoms with Crippen molar-refractivity contribution in [3.05, 3.63) is 183 Å². The maximum atomic E-state index is 14.0. The molecule has 5 aromatic carbocycles. The van der Waals surface area contributed by atoms with Crippen LogP contribution in [-0.4, -0.2) is 83.3 Å². The molecule has 0 radical (unpaired) electrons. The van der Waals surface area contributed by atoms with Gasteiger partial charge in [-0.3, -0.25) is 19.3 Å². The number of aromatic hydroxyl groups is 1. The summed E-state index contributed by atoms with van der Waals surface area (Å²) in [5.41, 5.74) is 7.07. The Morgan fingerprint density at radius 2 is 1.62 bits per heavy atom. The van der Waals surface area contributed by atoms with Gasteiger partial charge in [0.05, 0.1) is 25.3 Å². The number of pyridine rings is 1. The smallest absolute Gasteiger partial charge is 0.317 e. The maximum absolute atomic E-state index is 14.0. The predicted molar refractivity (Wildman–Crippen MR) is 245 cm³/mol. The largest absolute Gasteiger partial charge is 0.506 e. The van der Waals surface area contributed by atoms with Crippen LogP contribution in [0.25, 0.3) is 16.5 Å². The summed E-state index contributed by atoms with van der Waals surface area (Å²) in [7, 11) is 1.56. The number of aliphatic hydroxyl groups excluding tert-OH is 1. The number of rotatable bonds is 15. The minimum absolute atomic E-state index is 0.0676. The molecule has 1 aromatic heterocycles. The van der Waals surface area contributed by atoms with E-state index in [0.717, 1.165) is 60.3 Å². The molecule has 4 N–H and O–H groups in total. The number of carbonyl (C=O) groups is 2. The van der Waals surface area contributed by atoms with Gasteiger partial charge >= 0.3 is 5.97 Å². The van der Waals surface area contributed by atoms with Crippen LogP contribution in [0.1, 0.15) is 75.0 Å². The minimum atomic E-state index is -0.915. The lowest BCUT2D eigenvalue weighted by Gasteiger charge is -2.32. The van der Waals surface area contributed by atoms with Crippen molar-refractivity contribution in [2.45, 2.75) is 44.4 Å². The van der Waals surface area contributed by atoms with E-state index in [0.29, 0.717) is 60.8 Å². The number of phenols is 1. The van der Waals surface area contributed by atoms with Crippen LogP contribution in [-0.2, 0) is 22.6 Å². The molecule has 2 aliphatic heterocycles. The Balaban J connectivity index is 0.873. The number of hydrogen-bond donors (Lipinski definition) is 4. The number of fused-ring (bicyclic) bond motifs is 1. The molecular weight excluding hydrogens is 793 g/mol. The molecule has 3 heterocycles. The molecule has 11 nitrogen and oxygen atoms in total. The lowest BCUT2D eigenvalue weighted by atomic mass is 9.88. The second-order valence-electron chi connectivity index (χ2n) is 16.5. The highest BCUT2D eigenvalue weighted by molar-refractivity contribution is 5.95. The van der Waals surface area contributed by atoms with Crippen LogP contribution in [0.5, 0.6) is 11.5 Å². The van der Waals surface area contributed by atoms with Crippen molar-refractivity contribution in [1.29, 1.82) is 0 Å². The number of amides is 1. The number of esters is 1.